The Morgan fingerprint density at radius 3 is 2.55 bits per heavy atom. The molecule has 1 heterocycles. The highest BCUT2D eigenvalue weighted by atomic mass is 19.2. The maximum Gasteiger partial charge on any atom is 0.325 e. The number of aryl methyl sites for hydroxylation is 2. The largest absolute Gasteiger partial charge is 0.491 e. The number of imide groups is 1. The molecule has 0 spiro atoms. The molecule has 2 atom stereocenters. The first-order valence-corrected chi connectivity index (χ1v) is 9.09. The van der Waals surface area contributed by atoms with Crippen molar-refractivity contribution in [3.8, 4) is 5.75 Å². The van der Waals surface area contributed by atoms with Gasteiger partial charge in [-0.3, -0.25) is 9.69 Å². The quantitative estimate of drug-likeness (QED) is 0.726. The topological polar surface area (TPSA) is 78.9 Å². The lowest BCUT2D eigenvalue weighted by atomic mass is 9.92. The number of amides is 3. The van der Waals surface area contributed by atoms with E-state index in [1.165, 1.54) is 13.0 Å². The van der Waals surface area contributed by atoms with Crippen LogP contribution in [0.5, 0.6) is 5.75 Å². The minimum atomic E-state index is -1.56. The van der Waals surface area contributed by atoms with E-state index >= 15 is 0 Å². The molecule has 154 valence electrons. The van der Waals surface area contributed by atoms with Gasteiger partial charge in [0, 0.05) is 0 Å². The van der Waals surface area contributed by atoms with Crippen LogP contribution >= 0.6 is 0 Å². The standard InChI is InChI=1S/C21H22F2N2O4/c1-12-4-5-13(2)18(8-12)29-11-15(26)10-25-19(27)21(3,24-20(25)28)14-6-7-16(22)17(23)9-14/h4-9,15,26H,10-11H2,1-3H3,(H,24,28)/t15-,21-/m0/s1. The van der Waals surface area contributed by atoms with Gasteiger partial charge in [-0.05, 0) is 55.7 Å². The molecule has 1 aliphatic heterocycles. The number of hydrogen-bond donors (Lipinski definition) is 2. The number of β-amino-alcohol motifs (C(OH)–C–C–N with tert-alkyl or cyclic N) is 1. The zero-order valence-electron chi connectivity index (χ0n) is 16.3. The summed E-state index contributed by atoms with van der Waals surface area (Å²) >= 11 is 0. The Balaban J connectivity index is 1.69. The summed E-state index contributed by atoms with van der Waals surface area (Å²) in [5, 5.41) is 12.8. The number of aliphatic hydroxyl groups excluding tert-OH is 1. The van der Waals surface area contributed by atoms with Crippen molar-refractivity contribution in [2.24, 2.45) is 0 Å². The zero-order valence-corrected chi connectivity index (χ0v) is 16.3. The second-order valence-corrected chi connectivity index (χ2v) is 7.33. The van der Waals surface area contributed by atoms with Crippen molar-refractivity contribution in [2.75, 3.05) is 13.2 Å². The molecule has 2 aromatic rings. The molecule has 2 aromatic carbocycles. The molecule has 29 heavy (non-hydrogen) atoms. The Morgan fingerprint density at radius 2 is 1.86 bits per heavy atom. The maximum atomic E-state index is 13.6. The Bertz CT molecular complexity index is 966. The van der Waals surface area contributed by atoms with Gasteiger partial charge in [-0.1, -0.05) is 18.2 Å². The molecule has 1 aliphatic rings. The molecule has 2 N–H and O–H groups in total. The smallest absolute Gasteiger partial charge is 0.325 e. The Morgan fingerprint density at radius 1 is 1.14 bits per heavy atom. The molecule has 0 radical (unpaired) electrons. The predicted octanol–water partition coefficient (Wildman–Crippen LogP) is 2.79. The van der Waals surface area contributed by atoms with Gasteiger partial charge in [0.05, 0.1) is 6.54 Å². The minimum Gasteiger partial charge on any atom is -0.491 e. The number of carbonyl (C=O) groups is 2. The van der Waals surface area contributed by atoms with Crippen LogP contribution in [0.15, 0.2) is 36.4 Å². The molecule has 0 bridgehead atoms. The lowest BCUT2D eigenvalue weighted by molar-refractivity contribution is -0.132. The number of hydrogen-bond acceptors (Lipinski definition) is 4. The van der Waals surface area contributed by atoms with Crippen LogP contribution in [0.25, 0.3) is 0 Å². The van der Waals surface area contributed by atoms with Crippen LogP contribution in [0.2, 0.25) is 0 Å². The van der Waals surface area contributed by atoms with Crippen LogP contribution in [0.1, 0.15) is 23.6 Å². The number of halogens is 2. The number of urea groups is 1. The summed E-state index contributed by atoms with van der Waals surface area (Å²) < 4.78 is 32.4. The number of nitrogens with one attached hydrogen (secondary N) is 1. The van der Waals surface area contributed by atoms with Gasteiger partial charge < -0.3 is 15.2 Å². The fraction of sp³-hybridized carbons (Fsp3) is 0.333. The number of nitrogens with zero attached hydrogens (tertiary/aromatic N) is 1. The first-order chi connectivity index (χ1) is 13.6. The monoisotopic (exact) mass is 404 g/mol. The van der Waals surface area contributed by atoms with Crippen molar-refractivity contribution in [1.82, 2.24) is 10.2 Å². The number of carbonyl (C=O) groups excluding carboxylic acids is 2. The molecule has 0 aromatic heterocycles. The third kappa shape index (κ3) is 4.07. The predicted molar refractivity (Wildman–Crippen MR) is 101 cm³/mol. The van der Waals surface area contributed by atoms with Crippen molar-refractivity contribution in [2.45, 2.75) is 32.4 Å². The first-order valence-electron chi connectivity index (χ1n) is 9.09. The van der Waals surface area contributed by atoms with Crippen molar-refractivity contribution < 1.29 is 28.2 Å². The average molecular weight is 404 g/mol. The zero-order chi connectivity index (χ0) is 21.3. The van der Waals surface area contributed by atoms with E-state index in [9.17, 15) is 23.5 Å². The molecule has 6 nitrogen and oxygen atoms in total. The van der Waals surface area contributed by atoms with Crippen LogP contribution < -0.4 is 10.1 Å². The van der Waals surface area contributed by atoms with Gasteiger partial charge >= 0.3 is 6.03 Å². The minimum absolute atomic E-state index is 0.110. The lowest BCUT2D eigenvalue weighted by Gasteiger charge is -2.23. The van der Waals surface area contributed by atoms with E-state index in [1.54, 1.807) is 0 Å². The highest BCUT2D eigenvalue weighted by molar-refractivity contribution is 6.07. The average Bonchev–Trinajstić information content (AvgIpc) is 2.88. The van der Waals surface area contributed by atoms with E-state index in [0.717, 1.165) is 28.2 Å². The third-order valence-electron chi connectivity index (χ3n) is 4.94. The van der Waals surface area contributed by atoms with E-state index in [2.05, 4.69) is 5.32 Å². The molecular weight excluding hydrogens is 382 g/mol. The number of rotatable bonds is 6. The van der Waals surface area contributed by atoms with E-state index in [0.29, 0.717) is 5.75 Å². The van der Waals surface area contributed by atoms with Crippen LogP contribution in [-0.2, 0) is 10.3 Å². The summed E-state index contributed by atoms with van der Waals surface area (Å²) in [5.41, 5.74) is 0.442. The summed E-state index contributed by atoms with van der Waals surface area (Å²) in [7, 11) is 0. The van der Waals surface area contributed by atoms with Gasteiger partial charge in [0.2, 0.25) is 0 Å². The highest BCUT2D eigenvalue weighted by Gasteiger charge is 2.49. The molecular formula is C21H22F2N2O4. The fourth-order valence-corrected chi connectivity index (χ4v) is 3.18. The Kier molecular flexibility index (Phi) is 5.57. The Labute approximate surface area is 167 Å². The van der Waals surface area contributed by atoms with E-state index < -0.39 is 35.2 Å². The van der Waals surface area contributed by atoms with Crippen LogP contribution in [0.4, 0.5) is 13.6 Å². The molecule has 1 saturated heterocycles. The van der Waals surface area contributed by atoms with Gasteiger partial charge in [0.25, 0.3) is 5.91 Å². The summed E-state index contributed by atoms with van der Waals surface area (Å²) in [4.78, 5) is 26.0. The normalized spacial score (nSPS) is 20.0. The van der Waals surface area contributed by atoms with Crippen molar-refractivity contribution in [3.05, 3.63) is 64.7 Å². The van der Waals surface area contributed by atoms with E-state index in [-0.39, 0.29) is 18.7 Å². The molecule has 0 aliphatic carbocycles. The van der Waals surface area contributed by atoms with Crippen molar-refractivity contribution >= 4 is 11.9 Å². The molecule has 8 heteroatoms. The Hall–Kier alpha value is -3.00. The fourth-order valence-electron chi connectivity index (χ4n) is 3.18. The van der Waals surface area contributed by atoms with E-state index in [4.69, 9.17) is 4.74 Å². The highest BCUT2D eigenvalue weighted by Crippen LogP contribution is 2.30. The van der Waals surface area contributed by atoms with Gasteiger partial charge in [-0.15, -0.1) is 0 Å². The van der Waals surface area contributed by atoms with Gasteiger partial charge in [-0.2, -0.15) is 0 Å². The van der Waals surface area contributed by atoms with Crippen LogP contribution in [0, 0.1) is 25.5 Å². The molecule has 1 fully saturated rings. The number of benzene rings is 2. The van der Waals surface area contributed by atoms with Gasteiger partial charge in [0.15, 0.2) is 11.6 Å². The number of ether oxygens (including phenoxy) is 1. The third-order valence-corrected chi connectivity index (χ3v) is 4.94. The summed E-state index contributed by atoms with van der Waals surface area (Å²) in [5.74, 6) is -2.23. The lowest BCUT2D eigenvalue weighted by Crippen LogP contribution is -2.43. The second kappa shape index (κ2) is 7.79. The molecule has 3 amide bonds. The summed E-state index contributed by atoms with van der Waals surface area (Å²) in [6, 6.07) is 7.93. The maximum absolute atomic E-state index is 13.6. The second-order valence-electron chi connectivity index (χ2n) is 7.33. The van der Waals surface area contributed by atoms with Crippen LogP contribution in [-0.4, -0.2) is 41.2 Å². The SMILES string of the molecule is Cc1ccc(C)c(OC[C@@H](O)CN2C(=O)N[C@@](C)(c3ccc(F)c(F)c3)C2=O)c1. The first kappa shape index (κ1) is 20.7. The van der Waals surface area contributed by atoms with Crippen LogP contribution in [0.3, 0.4) is 0 Å². The van der Waals surface area contributed by atoms with E-state index in [1.807, 2.05) is 32.0 Å². The van der Waals surface area contributed by atoms with Gasteiger partial charge in [0.1, 0.15) is 24.0 Å². The van der Waals surface area contributed by atoms with Gasteiger partial charge in [-0.25, -0.2) is 13.6 Å². The molecule has 3 rings (SSSR count). The number of aliphatic hydroxyl groups is 1. The molecule has 0 saturated carbocycles. The van der Waals surface area contributed by atoms with Crippen molar-refractivity contribution in [3.63, 3.8) is 0 Å². The summed E-state index contributed by atoms with van der Waals surface area (Å²) in [6.45, 7) is 4.76. The molecule has 0 unspecified atom stereocenters. The van der Waals surface area contributed by atoms with Crippen molar-refractivity contribution in [1.29, 1.82) is 0 Å². The summed E-state index contributed by atoms with van der Waals surface area (Å²) in [6.07, 6.45) is -1.13.